The van der Waals surface area contributed by atoms with Crippen LogP contribution in [0.1, 0.15) is 38.7 Å². The summed E-state index contributed by atoms with van der Waals surface area (Å²) < 4.78 is 18.6. The van der Waals surface area contributed by atoms with E-state index < -0.39 is 10.7 Å². The average Bonchev–Trinajstić information content (AvgIpc) is 2.40. The minimum Gasteiger partial charge on any atom is -0.494 e. The Balaban J connectivity index is 3.34. The number of nitro groups is 1. The summed E-state index contributed by atoms with van der Waals surface area (Å²) in [5, 5.41) is 14.4. The molecule has 0 heterocycles. The van der Waals surface area contributed by atoms with E-state index in [0.717, 1.165) is 12.6 Å². The smallest absolute Gasteiger partial charge is 0.276 e. The average molecular weight is 284 g/mol. The van der Waals surface area contributed by atoms with E-state index in [-0.39, 0.29) is 23.4 Å². The third-order valence-corrected chi connectivity index (χ3v) is 3.47. The number of hydrogen-bond donors (Lipinski definition) is 1. The molecule has 1 aromatic carbocycles. The van der Waals surface area contributed by atoms with Gasteiger partial charge in [0.15, 0.2) is 11.6 Å². The number of nitrogens with one attached hydrogen (secondary N) is 1. The second-order valence-electron chi connectivity index (χ2n) is 4.66. The molecule has 20 heavy (non-hydrogen) atoms. The highest BCUT2D eigenvalue weighted by atomic mass is 19.1. The van der Waals surface area contributed by atoms with Gasteiger partial charge in [0.1, 0.15) is 0 Å². The van der Waals surface area contributed by atoms with E-state index in [0.29, 0.717) is 12.0 Å². The van der Waals surface area contributed by atoms with E-state index in [4.69, 9.17) is 4.74 Å². The standard InChI is InChI=1S/C14H21FN2O3/c1-5-10(9(3)16-6-2)11-7-14(20-4)12(15)8-13(11)17(18)19/h7-10,16H,5-6H2,1-4H3. The highest BCUT2D eigenvalue weighted by Crippen LogP contribution is 2.35. The molecule has 0 saturated heterocycles. The first-order valence-corrected chi connectivity index (χ1v) is 6.71. The van der Waals surface area contributed by atoms with Crippen molar-refractivity contribution in [1.82, 2.24) is 5.32 Å². The Morgan fingerprint density at radius 1 is 1.45 bits per heavy atom. The summed E-state index contributed by atoms with van der Waals surface area (Å²) in [6.45, 7) is 6.67. The largest absolute Gasteiger partial charge is 0.494 e. The van der Waals surface area contributed by atoms with Crippen molar-refractivity contribution in [2.45, 2.75) is 39.2 Å². The second-order valence-corrected chi connectivity index (χ2v) is 4.66. The number of rotatable bonds is 7. The number of nitro benzene ring substituents is 1. The van der Waals surface area contributed by atoms with Crippen LogP contribution in [0.25, 0.3) is 0 Å². The number of methoxy groups -OCH3 is 1. The quantitative estimate of drug-likeness (QED) is 0.616. The maximum Gasteiger partial charge on any atom is 0.276 e. The first-order chi connectivity index (χ1) is 9.46. The normalized spacial score (nSPS) is 13.8. The highest BCUT2D eigenvalue weighted by Gasteiger charge is 2.27. The third-order valence-electron chi connectivity index (χ3n) is 3.47. The predicted molar refractivity (Wildman–Crippen MR) is 75.8 cm³/mol. The molecular weight excluding hydrogens is 263 g/mol. The van der Waals surface area contributed by atoms with Crippen molar-refractivity contribution in [2.24, 2.45) is 0 Å². The molecule has 0 aromatic heterocycles. The first-order valence-electron chi connectivity index (χ1n) is 6.71. The minimum atomic E-state index is -0.714. The molecule has 2 atom stereocenters. The van der Waals surface area contributed by atoms with Crippen LogP contribution in [-0.2, 0) is 0 Å². The molecule has 5 nitrogen and oxygen atoms in total. The lowest BCUT2D eigenvalue weighted by Gasteiger charge is -2.24. The van der Waals surface area contributed by atoms with Gasteiger partial charge in [-0.2, -0.15) is 0 Å². The van der Waals surface area contributed by atoms with Crippen LogP contribution in [0.3, 0.4) is 0 Å². The maximum absolute atomic E-state index is 13.7. The van der Waals surface area contributed by atoms with Crippen LogP contribution in [0.5, 0.6) is 5.75 Å². The Kier molecular flexibility index (Phi) is 5.88. The Bertz CT molecular complexity index is 480. The van der Waals surface area contributed by atoms with Crippen LogP contribution < -0.4 is 10.1 Å². The minimum absolute atomic E-state index is 0.0350. The van der Waals surface area contributed by atoms with Crippen molar-refractivity contribution in [3.63, 3.8) is 0 Å². The van der Waals surface area contributed by atoms with Crippen molar-refractivity contribution < 1.29 is 14.1 Å². The fraction of sp³-hybridized carbons (Fsp3) is 0.571. The predicted octanol–water partition coefficient (Wildman–Crippen LogP) is 3.23. The summed E-state index contributed by atoms with van der Waals surface area (Å²) in [5.74, 6) is -0.758. The number of halogens is 1. The molecule has 0 aliphatic rings. The number of benzene rings is 1. The van der Waals surface area contributed by atoms with Gasteiger partial charge in [-0.05, 0) is 26.0 Å². The zero-order valence-corrected chi connectivity index (χ0v) is 12.3. The molecule has 0 fully saturated rings. The summed E-state index contributed by atoms with van der Waals surface area (Å²) in [6, 6.07) is 2.43. The highest BCUT2D eigenvalue weighted by molar-refractivity contribution is 5.48. The van der Waals surface area contributed by atoms with Gasteiger partial charge < -0.3 is 10.1 Å². The van der Waals surface area contributed by atoms with Gasteiger partial charge in [-0.3, -0.25) is 10.1 Å². The monoisotopic (exact) mass is 284 g/mol. The Labute approximate surface area is 118 Å². The summed E-state index contributed by atoms with van der Waals surface area (Å²) in [7, 11) is 1.35. The van der Waals surface area contributed by atoms with Crippen LogP contribution in [0, 0.1) is 15.9 Å². The molecule has 0 aliphatic carbocycles. The molecule has 0 amide bonds. The third kappa shape index (κ3) is 3.45. The number of likely N-dealkylation sites (N-methyl/N-ethyl adjacent to an activating group) is 1. The number of nitrogens with zero attached hydrogens (tertiary/aromatic N) is 1. The van der Waals surface area contributed by atoms with E-state index in [9.17, 15) is 14.5 Å². The van der Waals surface area contributed by atoms with Crippen LogP contribution in [0.2, 0.25) is 0 Å². The number of hydrogen-bond acceptors (Lipinski definition) is 4. The van der Waals surface area contributed by atoms with Gasteiger partial charge in [0.25, 0.3) is 5.69 Å². The SMILES string of the molecule is CCNC(C)C(CC)c1cc(OC)c(F)cc1[N+](=O)[O-]. The van der Waals surface area contributed by atoms with E-state index in [1.807, 2.05) is 20.8 Å². The topological polar surface area (TPSA) is 64.4 Å². The molecule has 112 valence electrons. The van der Waals surface area contributed by atoms with Crippen LogP contribution in [0.4, 0.5) is 10.1 Å². The maximum atomic E-state index is 13.7. The second kappa shape index (κ2) is 7.19. The van der Waals surface area contributed by atoms with Gasteiger partial charge in [0.05, 0.1) is 18.1 Å². The van der Waals surface area contributed by atoms with Crippen molar-refractivity contribution >= 4 is 5.69 Å². The lowest BCUT2D eigenvalue weighted by molar-refractivity contribution is -0.386. The molecule has 2 unspecified atom stereocenters. The molecule has 0 spiro atoms. The van der Waals surface area contributed by atoms with Crippen LogP contribution in [-0.4, -0.2) is 24.6 Å². The van der Waals surface area contributed by atoms with Crippen molar-refractivity contribution in [3.05, 3.63) is 33.6 Å². The van der Waals surface area contributed by atoms with Crippen molar-refractivity contribution in [2.75, 3.05) is 13.7 Å². The molecule has 0 bridgehead atoms. The lowest BCUT2D eigenvalue weighted by atomic mass is 9.88. The Morgan fingerprint density at radius 3 is 2.55 bits per heavy atom. The molecule has 6 heteroatoms. The van der Waals surface area contributed by atoms with Crippen molar-refractivity contribution in [3.8, 4) is 5.75 Å². The van der Waals surface area contributed by atoms with Gasteiger partial charge in [-0.25, -0.2) is 4.39 Å². The van der Waals surface area contributed by atoms with Gasteiger partial charge >= 0.3 is 0 Å². The van der Waals surface area contributed by atoms with Crippen LogP contribution in [0.15, 0.2) is 12.1 Å². The van der Waals surface area contributed by atoms with Crippen LogP contribution >= 0.6 is 0 Å². The summed E-state index contributed by atoms with van der Waals surface area (Å²) in [6.07, 6.45) is 0.712. The fourth-order valence-electron chi connectivity index (χ4n) is 2.48. The molecule has 1 rings (SSSR count). The fourth-order valence-corrected chi connectivity index (χ4v) is 2.48. The first kappa shape index (κ1) is 16.4. The Hall–Kier alpha value is -1.69. The van der Waals surface area contributed by atoms with Gasteiger partial charge in [0, 0.05) is 17.5 Å². The molecular formula is C14H21FN2O3. The molecule has 0 aliphatic heterocycles. The zero-order chi connectivity index (χ0) is 15.3. The summed E-state index contributed by atoms with van der Waals surface area (Å²) in [4.78, 5) is 10.6. The van der Waals surface area contributed by atoms with Gasteiger partial charge in [0.2, 0.25) is 0 Å². The van der Waals surface area contributed by atoms with E-state index in [2.05, 4.69) is 5.32 Å². The Morgan fingerprint density at radius 2 is 2.10 bits per heavy atom. The molecule has 0 saturated carbocycles. The van der Waals surface area contributed by atoms with Crippen molar-refractivity contribution in [1.29, 1.82) is 0 Å². The van der Waals surface area contributed by atoms with E-state index in [1.165, 1.54) is 13.2 Å². The van der Waals surface area contributed by atoms with Gasteiger partial charge in [-0.1, -0.05) is 13.8 Å². The molecule has 0 radical (unpaired) electrons. The summed E-state index contributed by atoms with van der Waals surface area (Å²) in [5.41, 5.74) is 0.309. The number of ether oxygens (including phenoxy) is 1. The molecule has 1 N–H and O–H groups in total. The lowest BCUT2D eigenvalue weighted by Crippen LogP contribution is -2.32. The van der Waals surface area contributed by atoms with E-state index >= 15 is 0 Å². The molecule has 1 aromatic rings. The van der Waals surface area contributed by atoms with E-state index in [1.54, 1.807) is 0 Å². The zero-order valence-electron chi connectivity index (χ0n) is 12.3. The summed E-state index contributed by atoms with van der Waals surface area (Å²) >= 11 is 0. The van der Waals surface area contributed by atoms with Gasteiger partial charge in [-0.15, -0.1) is 0 Å².